The Labute approximate surface area is 232 Å². The van der Waals surface area contributed by atoms with Crippen LogP contribution in [0.1, 0.15) is 12.8 Å². The van der Waals surface area contributed by atoms with Gasteiger partial charge in [0.15, 0.2) is 33.3 Å². The highest BCUT2D eigenvalue weighted by atomic mass is 28.5. The van der Waals surface area contributed by atoms with E-state index in [0.717, 1.165) is 6.08 Å². The lowest BCUT2D eigenvalue weighted by atomic mass is 10.1. The first-order valence-electron chi connectivity index (χ1n) is 13.0. The number of carbonyl (C=O) groups is 1. The molecule has 0 aliphatic rings. The SMILES string of the molecule is C=CC(=O)OC(CCC[Si](O[Si](C)(C)C)(O[Si](C)(C)C)O[Si](C)(O[Si](C)(C)C)O[Si](C)(C)C)C(O)CO. The van der Waals surface area contributed by atoms with Gasteiger partial charge in [-0.15, -0.1) is 0 Å². The van der Waals surface area contributed by atoms with E-state index in [1.807, 2.05) is 6.55 Å². The molecule has 0 saturated heterocycles. The van der Waals surface area contributed by atoms with Crippen molar-refractivity contribution in [2.75, 3.05) is 6.61 Å². The van der Waals surface area contributed by atoms with E-state index < -0.39 is 75.7 Å². The monoisotopic (exact) mass is 630 g/mol. The molecule has 0 aromatic heterocycles. The van der Waals surface area contributed by atoms with Crippen LogP contribution in [-0.4, -0.2) is 85.9 Å². The minimum absolute atomic E-state index is 0.297. The lowest BCUT2D eigenvalue weighted by molar-refractivity contribution is -0.151. The van der Waals surface area contributed by atoms with Crippen LogP contribution in [0.3, 0.4) is 0 Å². The van der Waals surface area contributed by atoms with E-state index >= 15 is 0 Å². The van der Waals surface area contributed by atoms with Crippen molar-refractivity contribution in [3.05, 3.63) is 12.7 Å². The Hall–Kier alpha value is 0.231. The van der Waals surface area contributed by atoms with E-state index in [2.05, 4.69) is 85.1 Å². The lowest BCUT2D eigenvalue weighted by Gasteiger charge is -2.46. The molecular formula is C22H54O9Si6. The molecular weight excluding hydrogens is 577 g/mol. The van der Waals surface area contributed by atoms with Crippen LogP contribution in [0.4, 0.5) is 0 Å². The standard InChI is InChI=1S/C22H54O9Si6/c1-15-22(25)26-21(20(24)19-23)17-16-18-37(29-34(8,9)10,30-35(11,12)13)31-36(14,27-32(2,3)4)28-33(5,6)7/h15,20-21,23-24H,1,16-19H2,2-14H3. The van der Waals surface area contributed by atoms with Gasteiger partial charge in [-0.2, -0.15) is 0 Å². The third-order valence-corrected chi connectivity index (χ3v) is 23.2. The van der Waals surface area contributed by atoms with Gasteiger partial charge in [0.2, 0.25) is 0 Å². The molecule has 0 fully saturated rings. The molecule has 0 aliphatic heterocycles. The highest BCUT2D eigenvalue weighted by Gasteiger charge is 2.56. The molecule has 2 unspecified atom stereocenters. The molecule has 0 aromatic rings. The van der Waals surface area contributed by atoms with Crippen LogP contribution in [-0.2, 0) is 30.1 Å². The molecule has 0 aromatic carbocycles. The van der Waals surface area contributed by atoms with Gasteiger partial charge in [0.05, 0.1) is 6.61 Å². The minimum atomic E-state index is -3.39. The van der Waals surface area contributed by atoms with Crippen LogP contribution in [0, 0.1) is 0 Å². The summed E-state index contributed by atoms with van der Waals surface area (Å²) in [5.41, 5.74) is 0. The number of aliphatic hydroxyl groups is 2. The van der Waals surface area contributed by atoms with E-state index in [4.69, 9.17) is 25.3 Å². The summed E-state index contributed by atoms with van der Waals surface area (Å²) in [5, 5.41) is 19.7. The molecule has 0 amide bonds. The lowest BCUT2D eigenvalue weighted by Crippen LogP contribution is -2.66. The van der Waals surface area contributed by atoms with Crippen LogP contribution in [0.2, 0.25) is 91.2 Å². The summed E-state index contributed by atoms with van der Waals surface area (Å²) in [6.07, 6.45) is -0.272. The molecule has 0 saturated carbocycles. The molecule has 0 heterocycles. The number of carbonyl (C=O) groups excluding carboxylic acids is 1. The molecule has 2 atom stereocenters. The third-order valence-electron chi connectivity index (χ3n) is 4.27. The van der Waals surface area contributed by atoms with Gasteiger partial charge in [0.1, 0.15) is 12.2 Å². The van der Waals surface area contributed by atoms with Gasteiger partial charge in [-0.3, -0.25) is 0 Å². The van der Waals surface area contributed by atoms with Crippen molar-refractivity contribution in [2.24, 2.45) is 0 Å². The number of ether oxygens (including phenoxy) is 1. The van der Waals surface area contributed by atoms with E-state index in [-0.39, 0.29) is 0 Å². The second-order valence-electron chi connectivity index (χ2n) is 13.3. The Morgan fingerprint density at radius 2 is 1.16 bits per heavy atom. The first-order chi connectivity index (χ1) is 16.3. The summed E-state index contributed by atoms with van der Waals surface area (Å²) >= 11 is 0. The topological polar surface area (TPSA) is 113 Å². The maximum absolute atomic E-state index is 11.8. The number of hydrogen-bond donors (Lipinski definition) is 2. The predicted molar refractivity (Wildman–Crippen MR) is 163 cm³/mol. The summed E-state index contributed by atoms with van der Waals surface area (Å²) in [5.74, 6) is -0.652. The van der Waals surface area contributed by atoms with Crippen LogP contribution in [0.25, 0.3) is 0 Å². The van der Waals surface area contributed by atoms with Crippen molar-refractivity contribution >= 4 is 56.8 Å². The summed E-state index contributed by atoms with van der Waals surface area (Å²) in [6.45, 7) is 30.2. The number of aliphatic hydroxyl groups excluding tert-OH is 2. The fraction of sp³-hybridized carbons (Fsp3) is 0.864. The fourth-order valence-corrected chi connectivity index (χ4v) is 27.5. The molecule has 2 N–H and O–H groups in total. The third kappa shape index (κ3) is 17.5. The van der Waals surface area contributed by atoms with Crippen molar-refractivity contribution < 1.29 is 40.3 Å². The van der Waals surface area contributed by atoms with Crippen molar-refractivity contribution in [2.45, 2.75) is 116 Å². The van der Waals surface area contributed by atoms with Crippen LogP contribution in [0.5, 0.6) is 0 Å². The Morgan fingerprint density at radius 1 is 0.757 bits per heavy atom. The highest BCUT2D eigenvalue weighted by molar-refractivity contribution is 6.92. The average Bonchev–Trinajstić information content (AvgIpc) is 2.59. The van der Waals surface area contributed by atoms with Gasteiger partial charge in [-0.05, 0) is 91.4 Å². The number of rotatable bonds is 18. The van der Waals surface area contributed by atoms with E-state index in [1.165, 1.54) is 0 Å². The largest absolute Gasteiger partial charge is 0.472 e. The quantitative estimate of drug-likeness (QED) is 0.121. The molecule has 0 bridgehead atoms. The molecule has 0 rings (SSSR count). The maximum Gasteiger partial charge on any atom is 0.472 e. The highest BCUT2D eigenvalue weighted by Crippen LogP contribution is 2.34. The Bertz CT molecular complexity index is 694. The van der Waals surface area contributed by atoms with Crippen molar-refractivity contribution in [1.82, 2.24) is 0 Å². The zero-order chi connectivity index (χ0) is 29.5. The van der Waals surface area contributed by atoms with E-state index in [0.29, 0.717) is 18.9 Å². The van der Waals surface area contributed by atoms with Crippen molar-refractivity contribution in [3.63, 3.8) is 0 Å². The van der Waals surface area contributed by atoms with Gasteiger partial charge < -0.3 is 35.5 Å². The molecule has 0 radical (unpaired) electrons. The molecule has 37 heavy (non-hydrogen) atoms. The minimum Gasteiger partial charge on any atom is -0.456 e. The van der Waals surface area contributed by atoms with Crippen LogP contribution < -0.4 is 0 Å². The number of hydrogen-bond acceptors (Lipinski definition) is 9. The normalized spacial score (nSPS) is 15.9. The fourth-order valence-electron chi connectivity index (χ4n) is 3.77. The van der Waals surface area contributed by atoms with Crippen LogP contribution >= 0.6 is 0 Å². The van der Waals surface area contributed by atoms with Crippen molar-refractivity contribution in [3.8, 4) is 0 Å². The molecule has 15 heteroatoms. The number of esters is 1. The summed E-state index contributed by atoms with van der Waals surface area (Å²) in [6, 6.07) is 0.439. The van der Waals surface area contributed by atoms with Crippen molar-refractivity contribution in [1.29, 1.82) is 0 Å². The maximum atomic E-state index is 11.8. The van der Waals surface area contributed by atoms with Gasteiger partial charge in [0.25, 0.3) is 0 Å². The molecule has 0 spiro atoms. The molecule has 9 nitrogen and oxygen atoms in total. The van der Waals surface area contributed by atoms with Gasteiger partial charge >= 0.3 is 23.6 Å². The summed E-state index contributed by atoms with van der Waals surface area (Å²) < 4.78 is 39.3. The second-order valence-corrected chi connectivity index (χ2v) is 37.9. The van der Waals surface area contributed by atoms with Gasteiger partial charge in [-0.25, -0.2) is 4.79 Å². The average molecular weight is 631 g/mol. The second kappa shape index (κ2) is 14.2. The first kappa shape index (κ1) is 37.2. The van der Waals surface area contributed by atoms with Crippen LogP contribution in [0.15, 0.2) is 12.7 Å². The Kier molecular flexibility index (Phi) is 14.3. The summed E-state index contributed by atoms with van der Waals surface area (Å²) in [7, 11) is -15.0. The van der Waals surface area contributed by atoms with Gasteiger partial charge in [-0.1, -0.05) is 6.58 Å². The predicted octanol–water partition coefficient (Wildman–Crippen LogP) is 5.15. The first-order valence-corrected chi connectivity index (χ1v) is 30.7. The molecule has 0 aliphatic carbocycles. The zero-order valence-electron chi connectivity index (χ0n) is 25.5. The zero-order valence-corrected chi connectivity index (χ0v) is 31.5. The molecule has 220 valence electrons. The van der Waals surface area contributed by atoms with E-state index in [1.54, 1.807) is 0 Å². The Morgan fingerprint density at radius 3 is 1.49 bits per heavy atom. The Balaban J connectivity index is 6.43. The van der Waals surface area contributed by atoms with E-state index in [9.17, 15) is 15.0 Å². The smallest absolute Gasteiger partial charge is 0.456 e. The summed E-state index contributed by atoms with van der Waals surface area (Å²) in [4.78, 5) is 11.8. The van der Waals surface area contributed by atoms with Gasteiger partial charge in [0, 0.05) is 18.7 Å².